The fraction of sp³-hybridized carbons (Fsp3) is 0.778. The number of hydrogen-bond acceptors (Lipinski definition) is 0. The van der Waals surface area contributed by atoms with Gasteiger partial charge in [0.15, 0.2) is 0 Å². The summed E-state index contributed by atoms with van der Waals surface area (Å²) in [5.41, 5.74) is 1.53. The van der Waals surface area contributed by atoms with Crippen molar-refractivity contribution in [1.29, 1.82) is 0 Å². The zero-order valence-corrected chi connectivity index (χ0v) is 7.54. The molecule has 1 rings (SSSR count). The molecule has 0 heterocycles. The summed E-state index contributed by atoms with van der Waals surface area (Å²) in [4.78, 5) is 0. The van der Waals surface area contributed by atoms with E-state index < -0.39 is 0 Å². The summed E-state index contributed by atoms with van der Waals surface area (Å²) in [5, 5.41) is 1.17. The summed E-state index contributed by atoms with van der Waals surface area (Å²) in [5.74, 6) is 0.701. The van der Waals surface area contributed by atoms with Crippen LogP contribution in [0.15, 0.2) is 10.6 Å². The molecule has 1 heteroatoms. The molecule has 1 unspecified atom stereocenters. The van der Waals surface area contributed by atoms with Crippen LogP contribution in [0.1, 0.15) is 39.5 Å². The first-order valence-corrected chi connectivity index (χ1v) is 4.57. The van der Waals surface area contributed by atoms with Crippen molar-refractivity contribution in [3.8, 4) is 0 Å². The average Bonchev–Trinajstić information content (AvgIpc) is 2.48. The Kier molecular flexibility index (Phi) is 2.79. The standard InChI is InChI=1S/C9H15Cl/c1-3-5-7-8(6-4-2)9(7)10/h7H,3-6H2,1-2H3. The zero-order chi connectivity index (χ0) is 7.56. The molecule has 0 nitrogen and oxygen atoms in total. The molecule has 1 aliphatic rings. The highest BCUT2D eigenvalue weighted by atomic mass is 35.5. The van der Waals surface area contributed by atoms with E-state index in [2.05, 4.69) is 13.8 Å². The highest BCUT2D eigenvalue weighted by Crippen LogP contribution is 2.47. The minimum atomic E-state index is 0.701. The SMILES string of the molecule is CCCC1=C(Cl)C1CCC. The second kappa shape index (κ2) is 3.43. The van der Waals surface area contributed by atoms with Crippen LogP contribution in [0, 0.1) is 5.92 Å². The maximum atomic E-state index is 5.96. The Morgan fingerprint density at radius 1 is 1.30 bits per heavy atom. The summed E-state index contributed by atoms with van der Waals surface area (Å²) in [6.07, 6.45) is 5.00. The Hall–Kier alpha value is 0.0300. The van der Waals surface area contributed by atoms with Gasteiger partial charge in [0.25, 0.3) is 0 Å². The van der Waals surface area contributed by atoms with Crippen molar-refractivity contribution in [1.82, 2.24) is 0 Å². The molecule has 0 spiro atoms. The fourth-order valence-corrected chi connectivity index (χ4v) is 1.85. The van der Waals surface area contributed by atoms with Gasteiger partial charge in [0, 0.05) is 11.0 Å². The zero-order valence-electron chi connectivity index (χ0n) is 6.78. The van der Waals surface area contributed by atoms with Gasteiger partial charge in [0.05, 0.1) is 0 Å². The number of hydrogen-bond donors (Lipinski definition) is 0. The molecule has 58 valence electrons. The van der Waals surface area contributed by atoms with Gasteiger partial charge in [-0.1, -0.05) is 38.3 Å². The van der Waals surface area contributed by atoms with E-state index in [-0.39, 0.29) is 0 Å². The Morgan fingerprint density at radius 2 is 2.00 bits per heavy atom. The number of rotatable bonds is 4. The van der Waals surface area contributed by atoms with Gasteiger partial charge in [-0.3, -0.25) is 0 Å². The van der Waals surface area contributed by atoms with Gasteiger partial charge in [0.1, 0.15) is 0 Å². The molecule has 0 aromatic heterocycles. The molecule has 0 saturated heterocycles. The molecule has 0 radical (unpaired) electrons. The normalized spacial score (nSPS) is 23.7. The third kappa shape index (κ3) is 1.54. The van der Waals surface area contributed by atoms with Crippen LogP contribution in [0.3, 0.4) is 0 Å². The first-order chi connectivity index (χ1) is 4.81. The second-order valence-electron chi connectivity index (χ2n) is 2.96. The van der Waals surface area contributed by atoms with Crippen LogP contribution in [0.4, 0.5) is 0 Å². The van der Waals surface area contributed by atoms with E-state index in [4.69, 9.17) is 11.6 Å². The fourth-order valence-electron chi connectivity index (χ4n) is 1.44. The predicted molar refractivity (Wildman–Crippen MR) is 46.2 cm³/mol. The van der Waals surface area contributed by atoms with Crippen LogP contribution >= 0.6 is 11.6 Å². The van der Waals surface area contributed by atoms with Crippen LogP contribution in [0.25, 0.3) is 0 Å². The van der Waals surface area contributed by atoms with Crippen molar-refractivity contribution in [2.45, 2.75) is 39.5 Å². The average molecular weight is 159 g/mol. The van der Waals surface area contributed by atoms with Crippen molar-refractivity contribution in [3.05, 3.63) is 10.6 Å². The molecular formula is C9H15Cl. The molecule has 0 aromatic rings. The van der Waals surface area contributed by atoms with Crippen LogP contribution in [-0.4, -0.2) is 0 Å². The molecule has 0 fully saturated rings. The van der Waals surface area contributed by atoms with Gasteiger partial charge in [-0.25, -0.2) is 0 Å². The highest BCUT2D eigenvalue weighted by Gasteiger charge is 2.32. The van der Waals surface area contributed by atoms with Crippen LogP contribution in [-0.2, 0) is 0 Å². The summed E-state index contributed by atoms with van der Waals surface area (Å²) in [7, 11) is 0. The molecule has 1 aliphatic carbocycles. The van der Waals surface area contributed by atoms with Crippen molar-refractivity contribution >= 4 is 11.6 Å². The maximum Gasteiger partial charge on any atom is 0.0251 e. The summed E-state index contributed by atoms with van der Waals surface area (Å²) < 4.78 is 0. The topological polar surface area (TPSA) is 0 Å². The van der Waals surface area contributed by atoms with Gasteiger partial charge in [-0.2, -0.15) is 0 Å². The first kappa shape index (κ1) is 8.13. The van der Waals surface area contributed by atoms with E-state index >= 15 is 0 Å². The second-order valence-corrected chi connectivity index (χ2v) is 3.37. The summed E-state index contributed by atoms with van der Waals surface area (Å²) in [6, 6.07) is 0. The largest absolute Gasteiger partial charge is 0.0885 e. The quantitative estimate of drug-likeness (QED) is 0.585. The minimum Gasteiger partial charge on any atom is -0.0885 e. The molecule has 0 bridgehead atoms. The molecular weight excluding hydrogens is 144 g/mol. The lowest BCUT2D eigenvalue weighted by molar-refractivity contribution is 0.708. The van der Waals surface area contributed by atoms with Gasteiger partial charge < -0.3 is 0 Å². The molecule has 0 amide bonds. The van der Waals surface area contributed by atoms with E-state index in [9.17, 15) is 0 Å². The van der Waals surface area contributed by atoms with Gasteiger partial charge >= 0.3 is 0 Å². The van der Waals surface area contributed by atoms with Gasteiger partial charge in [-0.05, 0) is 18.4 Å². The van der Waals surface area contributed by atoms with Crippen molar-refractivity contribution in [2.75, 3.05) is 0 Å². The third-order valence-electron chi connectivity index (χ3n) is 2.05. The molecule has 0 saturated carbocycles. The maximum absolute atomic E-state index is 5.96. The summed E-state index contributed by atoms with van der Waals surface area (Å²) in [6.45, 7) is 4.42. The smallest absolute Gasteiger partial charge is 0.0251 e. The molecule has 10 heavy (non-hydrogen) atoms. The van der Waals surface area contributed by atoms with E-state index in [1.54, 1.807) is 0 Å². The lowest BCUT2D eigenvalue weighted by atomic mass is 10.1. The Balaban J connectivity index is 2.22. The van der Waals surface area contributed by atoms with Crippen molar-refractivity contribution in [2.24, 2.45) is 5.92 Å². The van der Waals surface area contributed by atoms with Crippen LogP contribution in [0.5, 0.6) is 0 Å². The van der Waals surface area contributed by atoms with E-state index in [1.165, 1.54) is 36.3 Å². The van der Waals surface area contributed by atoms with Crippen molar-refractivity contribution < 1.29 is 0 Å². The summed E-state index contributed by atoms with van der Waals surface area (Å²) >= 11 is 5.96. The van der Waals surface area contributed by atoms with E-state index in [0.717, 1.165) is 0 Å². The lowest BCUT2D eigenvalue weighted by Crippen LogP contribution is -1.80. The molecule has 1 atom stereocenters. The molecule has 0 aliphatic heterocycles. The number of allylic oxidation sites excluding steroid dienone is 2. The lowest BCUT2D eigenvalue weighted by Gasteiger charge is -1.93. The predicted octanol–water partition coefficient (Wildman–Crippen LogP) is 3.71. The van der Waals surface area contributed by atoms with Crippen LogP contribution in [0.2, 0.25) is 0 Å². The minimum absolute atomic E-state index is 0.701. The third-order valence-corrected chi connectivity index (χ3v) is 2.55. The van der Waals surface area contributed by atoms with Crippen molar-refractivity contribution in [3.63, 3.8) is 0 Å². The monoisotopic (exact) mass is 158 g/mol. The number of halogens is 1. The molecule has 0 aromatic carbocycles. The Bertz CT molecular complexity index is 147. The van der Waals surface area contributed by atoms with Gasteiger partial charge in [0.2, 0.25) is 0 Å². The Morgan fingerprint density at radius 3 is 2.50 bits per heavy atom. The van der Waals surface area contributed by atoms with E-state index in [0.29, 0.717) is 5.92 Å². The van der Waals surface area contributed by atoms with Gasteiger partial charge in [-0.15, -0.1) is 0 Å². The van der Waals surface area contributed by atoms with Crippen LogP contribution < -0.4 is 0 Å². The molecule has 0 N–H and O–H groups in total. The van der Waals surface area contributed by atoms with E-state index in [1.807, 2.05) is 0 Å². The first-order valence-electron chi connectivity index (χ1n) is 4.19. The highest BCUT2D eigenvalue weighted by molar-refractivity contribution is 6.33. The Labute approximate surface area is 68.3 Å².